The van der Waals surface area contributed by atoms with Gasteiger partial charge in [0.05, 0.1) is 0 Å². The van der Waals surface area contributed by atoms with Crippen LogP contribution in [0.25, 0.3) is 0 Å². The van der Waals surface area contributed by atoms with Crippen LogP contribution in [-0.4, -0.2) is 6.04 Å². The maximum Gasteiger partial charge on any atom is 0.00955 e. The molecule has 5 unspecified atom stereocenters. The summed E-state index contributed by atoms with van der Waals surface area (Å²) in [4.78, 5) is 0. The highest BCUT2D eigenvalue weighted by Gasteiger charge is 2.27. The topological polar surface area (TPSA) is 26.0 Å². The third-order valence-electron chi connectivity index (χ3n) is 4.54. The summed E-state index contributed by atoms with van der Waals surface area (Å²) >= 11 is 0. The van der Waals surface area contributed by atoms with Crippen molar-refractivity contribution in [3.63, 3.8) is 0 Å². The number of hydrogen-bond acceptors (Lipinski definition) is 1. The summed E-state index contributed by atoms with van der Waals surface area (Å²) in [6, 6.07) is 0.383. The third-order valence-corrected chi connectivity index (χ3v) is 4.54. The molecule has 0 radical (unpaired) electrons. The quantitative estimate of drug-likeness (QED) is 0.651. The van der Waals surface area contributed by atoms with E-state index < -0.39 is 0 Å². The van der Waals surface area contributed by atoms with Crippen LogP contribution in [0.2, 0.25) is 0 Å². The van der Waals surface area contributed by atoms with Crippen LogP contribution in [0.15, 0.2) is 0 Å². The fraction of sp³-hybridized carbons (Fsp3) is 1.00. The lowest BCUT2D eigenvalue weighted by atomic mass is 9.75. The summed E-state index contributed by atoms with van der Waals surface area (Å²) in [5.41, 5.74) is 6.45. The lowest BCUT2D eigenvalue weighted by Gasteiger charge is -2.34. The van der Waals surface area contributed by atoms with Crippen LogP contribution in [-0.2, 0) is 0 Å². The van der Waals surface area contributed by atoms with Crippen LogP contribution in [0.3, 0.4) is 0 Å². The van der Waals surface area contributed by atoms with Gasteiger partial charge in [-0.3, -0.25) is 0 Å². The summed E-state index contributed by atoms with van der Waals surface area (Å²) in [5.74, 6) is 2.94. The van der Waals surface area contributed by atoms with Gasteiger partial charge in [0, 0.05) is 6.04 Å². The average Bonchev–Trinajstić information content (AvgIpc) is 2.32. The smallest absolute Gasteiger partial charge is 0.00955 e. The number of rotatable bonds is 8. The van der Waals surface area contributed by atoms with E-state index >= 15 is 0 Å². The van der Waals surface area contributed by atoms with Crippen LogP contribution in [0, 0.1) is 23.7 Å². The molecule has 0 fully saturated rings. The Balaban J connectivity index is 4.52. The summed E-state index contributed by atoms with van der Waals surface area (Å²) in [6.07, 6.45) is 5.04. The monoisotopic (exact) mass is 227 g/mol. The van der Waals surface area contributed by atoms with Crippen molar-refractivity contribution in [2.24, 2.45) is 29.4 Å². The summed E-state index contributed by atoms with van der Waals surface area (Å²) in [5, 5.41) is 0. The van der Waals surface area contributed by atoms with Gasteiger partial charge < -0.3 is 5.73 Å². The molecule has 0 aromatic carbocycles. The van der Waals surface area contributed by atoms with Crippen LogP contribution in [0.5, 0.6) is 0 Å². The molecule has 98 valence electrons. The molecule has 0 aromatic heterocycles. The van der Waals surface area contributed by atoms with Gasteiger partial charge in [0.25, 0.3) is 0 Å². The van der Waals surface area contributed by atoms with Crippen molar-refractivity contribution in [1.82, 2.24) is 0 Å². The zero-order chi connectivity index (χ0) is 12.7. The Morgan fingerprint density at radius 3 is 1.69 bits per heavy atom. The molecule has 0 aliphatic carbocycles. The SMILES string of the molecule is CCC(C)CC(C(C)CC)C(N)C(C)CC. The zero-order valence-corrected chi connectivity index (χ0v) is 12.3. The van der Waals surface area contributed by atoms with Gasteiger partial charge in [-0.15, -0.1) is 0 Å². The van der Waals surface area contributed by atoms with E-state index in [0.29, 0.717) is 17.9 Å². The highest BCUT2D eigenvalue weighted by Crippen LogP contribution is 2.30. The second-order valence-corrected chi connectivity index (χ2v) is 5.76. The van der Waals surface area contributed by atoms with Crippen molar-refractivity contribution in [3.8, 4) is 0 Å². The van der Waals surface area contributed by atoms with Gasteiger partial charge in [-0.1, -0.05) is 60.8 Å². The second kappa shape index (κ2) is 8.11. The summed E-state index contributed by atoms with van der Waals surface area (Å²) in [7, 11) is 0. The fourth-order valence-electron chi connectivity index (χ4n) is 2.40. The molecule has 0 saturated heterocycles. The van der Waals surface area contributed by atoms with Crippen LogP contribution in [0.1, 0.15) is 67.2 Å². The molecule has 0 bridgehead atoms. The van der Waals surface area contributed by atoms with E-state index in [1.165, 1.54) is 25.7 Å². The van der Waals surface area contributed by atoms with Crippen molar-refractivity contribution < 1.29 is 0 Å². The molecule has 0 saturated carbocycles. The van der Waals surface area contributed by atoms with E-state index in [4.69, 9.17) is 5.73 Å². The Bertz CT molecular complexity index is 167. The normalized spacial score (nSPS) is 21.2. The average molecular weight is 227 g/mol. The third kappa shape index (κ3) is 4.86. The van der Waals surface area contributed by atoms with E-state index in [0.717, 1.165) is 11.8 Å². The highest BCUT2D eigenvalue weighted by atomic mass is 14.7. The standard InChI is InChI=1S/C15H33N/c1-7-11(4)10-14(12(5)8-2)15(16)13(6)9-3/h11-15H,7-10,16H2,1-6H3. The first-order valence-electron chi connectivity index (χ1n) is 7.23. The zero-order valence-electron chi connectivity index (χ0n) is 12.3. The molecule has 0 spiro atoms. The first kappa shape index (κ1) is 16.0. The van der Waals surface area contributed by atoms with Gasteiger partial charge in [0.2, 0.25) is 0 Å². The Hall–Kier alpha value is -0.0400. The molecule has 0 aliphatic rings. The molecule has 0 heterocycles. The molecule has 0 amide bonds. The molecular weight excluding hydrogens is 194 g/mol. The van der Waals surface area contributed by atoms with Gasteiger partial charge in [-0.25, -0.2) is 0 Å². The van der Waals surface area contributed by atoms with E-state index in [1.807, 2.05) is 0 Å². The summed E-state index contributed by atoms with van der Waals surface area (Å²) < 4.78 is 0. The molecular formula is C15H33N. The van der Waals surface area contributed by atoms with Gasteiger partial charge in [0.15, 0.2) is 0 Å². The van der Waals surface area contributed by atoms with Crippen molar-refractivity contribution in [2.75, 3.05) is 0 Å². The predicted octanol–water partition coefficient (Wildman–Crippen LogP) is 4.46. The maximum atomic E-state index is 6.45. The predicted molar refractivity (Wildman–Crippen MR) is 74.4 cm³/mol. The molecule has 0 aliphatic heterocycles. The van der Waals surface area contributed by atoms with Gasteiger partial charge in [-0.2, -0.15) is 0 Å². The van der Waals surface area contributed by atoms with Gasteiger partial charge >= 0.3 is 0 Å². The Morgan fingerprint density at radius 2 is 1.31 bits per heavy atom. The number of nitrogens with two attached hydrogens (primary N) is 1. The maximum absolute atomic E-state index is 6.45. The van der Waals surface area contributed by atoms with Crippen LogP contribution < -0.4 is 5.73 Å². The Labute approximate surface area is 103 Å². The molecule has 1 heteroatoms. The first-order chi connectivity index (χ1) is 7.47. The lowest BCUT2D eigenvalue weighted by Crippen LogP contribution is -2.40. The van der Waals surface area contributed by atoms with Crippen molar-refractivity contribution in [2.45, 2.75) is 73.3 Å². The minimum atomic E-state index is 0.383. The lowest BCUT2D eigenvalue weighted by molar-refractivity contribution is 0.197. The molecule has 16 heavy (non-hydrogen) atoms. The van der Waals surface area contributed by atoms with Crippen molar-refractivity contribution in [3.05, 3.63) is 0 Å². The van der Waals surface area contributed by atoms with E-state index in [1.54, 1.807) is 0 Å². The van der Waals surface area contributed by atoms with Crippen LogP contribution in [0.4, 0.5) is 0 Å². The van der Waals surface area contributed by atoms with Gasteiger partial charge in [0.1, 0.15) is 0 Å². The summed E-state index contributed by atoms with van der Waals surface area (Å²) in [6.45, 7) is 13.9. The second-order valence-electron chi connectivity index (χ2n) is 5.76. The van der Waals surface area contributed by atoms with E-state index in [-0.39, 0.29) is 0 Å². The minimum absolute atomic E-state index is 0.383. The molecule has 0 aromatic rings. The van der Waals surface area contributed by atoms with Crippen molar-refractivity contribution >= 4 is 0 Å². The van der Waals surface area contributed by atoms with E-state index in [9.17, 15) is 0 Å². The largest absolute Gasteiger partial charge is 0.327 e. The van der Waals surface area contributed by atoms with Crippen LogP contribution >= 0.6 is 0 Å². The molecule has 1 nitrogen and oxygen atoms in total. The highest BCUT2D eigenvalue weighted by molar-refractivity contribution is 4.81. The Kier molecular flexibility index (Phi) is 8.09. The molecule has 0 rings (SSSR count). The first-order valence-corrected chi connectivity index (χ1v) is 7.23. The minimum Gasteiger partial charge on any atom is -0.327 e. The fourth-order valence-corrected chi connectivity index (χ4v) is 2.40. The van der Waals surface area contributed by atoms with Crippen molar-refractivity contribution in [1.29, 1.82) is 0 Å². The molecule has 5 atom stereocenters. The number of hydrogen-bond donors (Lipinski definition) is 1. The molecule has 2 N–H and O–H groups in total. The van der Waals surface area contributed by atoms with E-state index in [2.05, 4.69) is 41.5 Å². The van der Waals surface area contributed by atoms with Gasteiger partial charge in [-0.05, 0) is 30.1 Å². The Morgan fingerprint density at radius 1 is 0.812 bits per heavy atom.